The van der Waals surface area contributed by atoms with Crippen LogP contribution in [0.25, 0.3) is 0 Å². The molecule has 9 nitrogen and oxygen atoms in total. The number of hydrogen-bond acceptors (Lipinski definition) is 7. The number of oxazole rings is 1. The minimum atomic E-state index is -1.22. The van der Waals surface area contributed by atoms with E-state index in [1.165, 1.54) is 6.92 Å². The van der Waals surface area contributed by atoms with Gasteiger partial charge in [-0.05, 0) is 31.2 Å². The van der Waals surface area contributed by atoms with Gasteiger partial charge in [-0.2, -0.15) is 0 Å². The largest absolute Gasteiger partial charge is 0.497 e. The third-order valence-corrected chi connectivity index (χ3v) is 3.28. The van der Waals surface area contributed by atoms with Crippen molar-refractivity contribution >= 4 is 11.8 Å². The molecule has 134 valence electrons. The van der Waals surface area contributed by atoms with Crippen LogP contribution >= 0.6 is 0 Å². The van der Waals surface area contributed by atoms with E-state index < -0.39 is 24.0 Å². The molecule has 1 aromatic heterocycles. The van der Waals surface area contributed by atoms with Crippen LogP contribution in [-0.2, 0) is 11.4 Å². The monoisotopic (exact) mass is 349 g/mol. The first-order chi connectivity index (χ1) is 11.9. The first kappa shape index (κ1) is 18.3. The quantitative estimate of drug-likeness (QED) is 0.620. The van der Waals surface area contributed by atoms with Crippen LogP contribution in [0.4, 0.5) is 0 Å². The van der Waals surface area contributed by atoms with Crippen LogP contribution < -0.4 is 20.5 Å². The molecule has 0 saturated carbocycles. The number of nitrogens with two attached hydrogens (primary N) is 1. The van der Waals surface area contributed by atoms with E-state index in [1.54, 1.807) is 31.4 Å². The van der Waals surface area contributed by atoms with Crippen LogP contribution in [0.3, 0.4) is 0 Å². The highest BCUT2D eigenvalue weighted by Crippen LogP contribution is 2.18. The number of aliphatic hydroxyl groups excluding tert-OH is 1. The maximum Gasteiger partial charge on any atom is 0.273 e. The first-order valence-electron chi connectivity index (χ1n) is 7.40. The molecule has 0 bridgehead atoms. The molecular formula is C16H19N3O6. The average Bonchev–Trinajstić information content (AvgIpc) is 3.06. The number of primary amides is 1. The van der Waals surface area contributed by atoms with Gasteiger partial charge in [0.25, 0.3) is 5.91 Å². The molecule has 1 heterocycles. The number of nitrogens with zero attached hydrogens (tertiary/aromatic N) is 1. The number of amides is 2. The van der Waals surface area contributed by atoms with E-state index in [9.17, 15) is 14.7 Å². The number of carbonyl (C=O) groups excluding carboxylic acids is 2. The van der Waals surface area contributed by atoms with Gasteiger partial charge in [0.15, 0.2) is 12.3 Å². The summed E-state index contributed by atoms with van der Waals surface area (Å²) in [4.78, 5) is 27.2. The Balaban J connectivity index is 1.94. The van der Waals surface area contributed by atoms with Gasteiger partial charge in [0, 0.05) is 0 Å². The molecule has 0 spiro atoms. The fourth-order valence-corrected chi connectivity index (χ4v) is 1.94. The van der Waals surface area contributed by atoms with Gasteiger partial charge in [-0.25, -0.2) is 4.98 Å². The van der Waals surface area contributed by atoms with Crippen molar-refractivity contribution in [1.82, 2.24) is 10.3 Å². The topological polar surface area (TPSA) is 137 Å². The van der Waals surface area contributed by atoms with E-state index in [0.717, 1.165) is 6.26 Å². The van der Waals surface area contributed by atoms with Gasteiger partial charge >= 0.3 is 0 Å². The zero-order valence-corrected chi connectivity index (χ0v) is 13.8. The smallest absolute Gasteiger partial charge is 0.273 e. The van der Waals surface area contributed by atoms with Gasteiger partial charge in [0.2, 0.25) is 11.8 Å². The van der Waals surface area contributed by atoms with Gasteiger partial charge in [0.05, 0.1) is 13.2 Å². The maximum absolute atomic E-state index is 12.0. The molecule has 0 unspecified atom stereocenters. The zero-order valence-electron chi connectivity index (χ0n) is 13.8. The molecule has 0 aliphatic rings. The Morgan fingerprint density at radius 2 is 1.96 bits per heavy atom. The highest BCUT2D eigenvalue weighted by Gasteiger charge is 2.25. The van der Waals surface area contributed by atoms with Gasteiger partial charge in [-0.3, -0.25) is 9.59 Å². The fourth-order valence-electron chi connectivity index (χ4n) is 1.94. The van der Waals surface area contributed by atoms with E-state index in [0.29, 0.717) is 11.5 Å². The SMILES string of the molecule is COc1ccc(OCc2nc(C(=O)N[C@H](C(N)=O)[C@@H](C)O)co2)cc1. The summed E-state index contributed by atoms with van der Waals surface area (Å²) in [6.07, 6.45) is -0.00600. The molecule has 9 heteroatoms. The molecule has 2 rings (SSSR count). The number of rotatable bonds is 8. The van der Waals surface area contributed by atoms with Crippen LogP contribution in [0.15, 0.2) is 34.9 Å². The molecule has 0 fully saturated rings. The minimum absolute atomic E-state index is 0.00919. The predicted octanol–water partition coefficient (Wildman–Crippen LogP) is 0.227. The Bertz CT molecular complexity index is 726. The normalized spacial score (nSPS) is 12.9. The van der Waals surface area contributed by atoms with Crippen LogP contribution in [0, 0.1) is 0 Å². The number of benzene rings is 1. The zero-order chi connectivity index (χ0) is 18.4. The number of methoxy groups -OCH3 is 1. The second-order valence-electron chi connectivity index (χ2n) is 5.18. The standard InChI is InChI=1S/C16H19N3O6/c1-9(20)14(15(17)21)19-16(22)12-7-25-13(18-12)8-24-11-5-3-10(23-2)4-6-11/h3-7,9,14,20H,8H2,1-2H3,(H2,17,21)(H,19,22)/t9-,14+/m1/s1. The maximum atomic E-state index is 12.0. The van der Waals surface area contributed by atoms with Crippen molar-refractivity contribution in [3.05, 3.63) is 42.1 Å². The fraction of sp³-hybridized carbons (Fsp3) is 0.312. The minimum Gasteiger partial charge on any atom is -0.497 e. The molecule has 4 N–H and O–H groups in total. The average molecular weight is 349 g/mol. The van der Waals surface area contributed by atoms with E-state index in [1.807, 2.05) is 0 Å². The lowest BCUT2D eigenvalue weighted by atomic mass is 10.1. The van der Waals surface area contributed by atoms with E-state index >= 15 is 0 Å². The molecule has 2 atom stereocenters. The molecule has 25 heavy (non-hydrogen) atoms. The predicted molar refractivity (Wildman–Crippen MR) is 86.0 cm³/mol. The molecule has 0 aliphatic heterocycles. The number of carbonyl (C=O) groups is 2. The highest BCUT2D eigenvalue weighted by molar-refractivity contribution is 5.95. The van der Waals surface area contributed by atoms with Crippen molar-refractivity contribution in [2.45, 2.75) is 25.7 Å². The van der Waals surface area contributed by atoms with Gasteiger partial charge in [-0.15, -0.1) is 0 Å². The van der Waals surface area contributed by atoms with Crippen molar-refractivity contribution in [1.29, 1.82) is 0 Å². The highest BCUT2D eigenvalue weighted by atomic mass is 16.5. The lowest BCUT2D eigenvalue weighted by Gasteiger charge is -2.16. The van der Waals surface area contributed by atoms with Crippen LogP contribution in [0.2, 0.25) is 0 Å². The summed E-state index contributed by atoms with van der Waals surface area (Å²) >= 11 is 0. The number of ether oxygens (including phenoxy) is 2. The Hall–Kier alpha value is -3.07. The molecular weight excluding hydrogens is 330 g/mol. The molecule has 0 aliphatic carbocycles. The Kier molecular flexibility index (Phi) is 5.96. The van der Waals surface area contributed by atoms with Crippen molar-refractivity contribution in [2.75, 3.05) is 7.11 Å². The first-order valence-corrected chi connectivity index (χ1v) is 7.40. The third kappa shape index (κ3) is 4.95. The molecule has 0 radical (unpaired) electrons. The Morgan fingerprint density at radius 1 is 1.32 bits per heavy atom. The van der Waals surface area contributed by atoms with Gasteiger partial charge in [0.1, 0.15) is 23.8 Å². The van der Waals surface area contributed by atoms with Gasteiger partial charge in [-0.1, -0.05) is 0 Å². The number of hydrogen-bond donors (Lipinski definition) is 3. The molecule has 2 aromatic rings. The van der Waals surface area contributed by atoms with Crippen molar-refractivity contribution in [3.8, 4) is 11.5 Å². The molecule has 0 saturated heterocycles. The summed E-state index contributed by atoms with van der Waals surface area (Å²) in [7, 11) is 1.57. The van der Waals surface area contributed by atoms with Crippen molar-refractivity contribution in [3.63, 3.8) is 0 Å². The second kappa shape index (κ2) is 8.15. The Morgan fingerprint density at radius 3 is 2.52 bits per heavy atom. The number of aliphatic hydroxyl groups is 1. The molecule has 1 aromatic carbocycles. The second-order valence-corrected chi connectivity index (χ2v) is 5.18. The van der Waals surface area contributed by atoms with E-state index in [4.69, 9.17) is 19.6 Å². The lowest BCUT2D eigenvalue weighted by molar-refractivity contribution is -0.122. The summed E-state index contributed by atoms with van der Waals surface area (Å²) in [5, 5.41) is 11.7. The summed E-state index contributed by atoms with van der Waals surface area (Å²) in [6.45, 7) is 1.35. The summed E-state index contributed by atoms with van der Waals surface area (Å²) in [5.41, 5.74) is 5.06. The number of aromatic nitrogens is 1. The van der Waals surface area contributed by atoms with Crippen molar-refractivity contribution < 1.29 is 28.6 Å². The van der Waals surface area contributed by atoms with Crippen molar-refractivity contribution in [2.24, 2.45) is 5.73 Å². The lowest BCUT2D eigenvalue weighted by Crippen LogP contribution is -2.50. The summed E-state index contributed by atoms with van der Waals surface area (Å²) in [5.74, 6) is -0.0925. The van der Waals surface area contributed by atoms with Crippen LogP contribution in [0.1, 0.15) is 23.3 Å². The van der Waals surface area contributed by atoms with E-state index in [2.05, 4.69) is 10.3 Å². The molecule has 2 amide bonds. The van der Waals surface area contributed by atoms with Gasteiger partial charge < -0.3 is 30.0 Å². The van der Waals surface area contributed by atoms with Crippen LogP contribution in [-0.4, -0.2) is 41.2 Å². The third-order valence-electron chi connectivity index (χ3n) is 3.28. The summed E-state index contributed by atoms with van der Waals surface area (Å²) in [6, 6.07) is 5.70. The Labute approximate surface area is 143 Å². The van der Waals surface area contributed by atoms with Crippen LogP contribution in [0.5, 0.6) is 11.5 Å². The summed E-state index contributed by atoms with van der Waals surface area (Å²) < 4.78 is 15.7. The number of nitrogens with one attached hydrogen (secondary N) is 1. The van der Waals surface area contributed by atoms with E-state index in [-0.39, 0.29) is 18.2 Å².